The molecule has 21 heavy (non-hydrogen) atoms. The van der Waals surface area contributed by atoms with Crippen LogP contribution in [0.1, 0.15) is 24.6 Å². The van der Waals surface area contributed by atoms with Crippen molar-refractivity contribution in [2.24, 2.45) is 0 Å². The second-order valence-corrected chi connectivity index (χ2v) is 7.01. The fraction of sp³-hybridized carbons (Fsp3) is 0.357. The number of carbonyl (C=O) groups excluding carboxylic acids is 2. The summed E-state index contributed by atoms with van der Waals surface area (Å²) in [5.74, 6) is -0.650. The molecular formula is C14H15NO3S3. The lowest BCUT2D eigenvalue weighted by Crippen LogP contribution is -2.34. The van der Waals surface area contributed by atoms with Gasteiger partial charge in [0, 0.05) is 4.88 Å². The summed E-state index contributed by atoms with van der Waals surface area (Å²) in [4.78, 5) is 26.8. The number of carbonyl (C=O) groups is 2. The Kier molecular flexibility index (Phi) is 5.96. The van der Waals surface area contributed by atoms with E-state index in [1.54, 1.807) is 17.4 Å². The molecule has 112 valence electrons. The minimum atomic E-state index is -0.419. The van der Waals surface area contributed by atoms with Crippen LogP contribution in [0.25, 0.3) is 6.08 Å². The third-order valence-electron chi connectivity index (χ3n) is 2.74. The normalized spacial score (nSPS) is 16.8. The number of rotatable bonds is 6. The molecule has 0 aliphatic carbocycles. The van der Waals surface area contributed by atoms with Crippen molar-refractivity contribution in [1.82, 2.24) is 4.90 Å². The van der Waals surface area contributed by atoms with E-state index in [0.29, 0.717) is 15.8 Å². The number of unbranched alkanes of at least 4 members (excludes halogenated alkanes) is 1. The van der Waals surface area contributed by atoms with Gasteiger partial charge in [-0.2, -0.15) is 0 Å². The van der Waals surface area contributed by atoms with Gasteiger partial charge < -0.3 is 4.74 Å². The number of nitrogens with zero attached hydrogens (tertiary/aromatic N) is 1. The summed E-state index contributed by atoms with van der Waals surface area (Å²) in [6.45, 7) is 2.29. The molecule has 0 aromatic carbocycles. The van der Waals surface area contributed by atoms with Gasteiger partial charge >= 0.3 is 5.97 Å². The van der Waals surface area contributed by atoms with Crippen molar-refractivity contribution in [3.63, 3.8) is 0 Å². The lowest BCUT2D eigenvalue weighted by atomic mass is 10.3. The third kappa shape index (κ3) is 4.39. The van der Waals surface area contributed by atoms with Crippen molar-refractivity contribution in [2.45, 2.75) is 19.8 Å². The SMILES string of the molecule is CCCCOC(=O)CN1C(=O)/C(=C/c2cccs2)SC1=S. The number of ether oxygens (including phenoxy) is 1. The maximum absolute atomic E-state index is 12.3. The van der Waals surface area contributed by atoms with Crippen LogP contribution in [0.5, 0.6) is 0 Å². The largest absolute Gasteiger partial charge is 0.464 e. The molecule has 0 N–H and O–H groups in total. The number of thiophene rings is 1. The third-order valence-corrected chi connectivity index (χ3v) is 4.94. The summed E-state index contributed by atoms with van der Waals surface area (Å²) in [7, 11) is 0. The Hall–Kier alpha value is -1.18. The standard InChI is InChI=1S/C14H15NO3S3/c1-2-3-6-18-12(16)9-15-13(17)11(21-14(15)19)8-10-5-4-7-20-10/h4-5,7-8H,2-3,6,9H2,1H3/b11-8-. The molecule has 1 fully saturated rings. The second-order valence-electron chi connectivity index (χ2n) is 4.36. The first-order valence-corrected chi connectivity index (χ1v) is 8.66. The predicted octanol–water partition coefficient (Wildman–Crippen LogP) is 3.29. The van der Waals surface area contributed by atoms with Crippen LogP contribution >= 0.6 is 35.3 Å². The summed E-state index contributed by atoms with van der Waals surface area (Å²) >= 11 is 7.93. The molecule has 4 nitrogen and oxygen atoms in total. The minimum absolute atomic E-state index is 0.115. The molecule has 0 unspecified atom stereocenters. The lowest BCUT2D eigenvalue weighted by Gasteiger charge is -2.13. The molecule has 2 rings (SSSR count). The fourth-order valence-electron chi connectivity index (χ4n) is 1.64. The van der Waals surface area contributed by atoms with E-state index < -0.39 is 5.97 Å². The zero-order valence-corrected chi connectivity index (χ0v) is 14.0. The van der Waals surface area contributed by atoms with E-state index in [0.717, 1.165) is 17.7 Å². The number of hydrogen-bond acceptors (Lipinski definition) is 6. The first kappa shape index (κ1) is 16.2. The molecule has 1 aliphatic rings. The Morgan fingerprint density at radius 1 is 1.52 bits per heavy atom. The highest BCUT2D eigenvalue weighted by Gasteiger charge is 2.33. The zero-order valence-electron chi connectivity index (χ0n) is 11.5. The summed E-state index contributed by atoms with van der Waals surface area (Å²) < 4.78 is 5.46. The van der Waals surface area contributed by atoms with Gasteiger partial charge in [0.2, 0.25) is 0 Å². The maximum Gasteiger partial charge on any atom is 0.326 e. The van der Waals surface area contributed by atoms with Crippen molar-refractivity contribution in [2.75, 3.05) is 13.2 Å². The summed E-state index contributed by atoms with van der Waals surface area (Å²) in [6, 6.07) is 3.85. The molecule has 1 saturated heterocycles. The molecule has 1 amide bonds. The summed E-state index contributed by atoms with van der Waals surface area (Å²) in [5, 5.41) is 1.94. The highest BCUT2D eigenvalue weighted by molar-refractivity contribution is 8.26. The van der Waals surface area contributed by atoms with Crippen molar-refractivity contribution in [3.8, 4) is 0 Å². The summed E-state index contributed by atoms with van der Waals surface area (Å²) in [5.41, 5.74) is 0. The van der Waals surface area contributed by atoms with Gasteiger partial charge in [0.05, 0.1) is 11.5 Å². The van der Waals surface area contributed by atoms with E-state index in [2.05, 4.69) is 0 Å². The molecule has 1 aromatic rings. The highest BCUT2D eigenvalue weighted by Crippen LogP contribution is 2.33. The smallest absolute Gasteiger partial charge is 0.326 e. The zero-order chi connectivity index (χ0) is 15.2. The molecule has 0 bridgehead atoms. The molecular weight excluding hydrogens is 326 g/mol. The Labute approximate surface area is 137 Å². The number of thiocarbonyl (C=S) groups is 1. The Balaban J connectivity index is 1.97. The van der Waals surface area contributed by atoms with Gasteiger partial charge in [-0.05, 0) is 23.9 Å². The van der Waals surface area contributed by atoms with Gasteiger partial charge in [0.15, 0.2) is 0 Å². The summed E-state index contributed by atoms with van der Waals surface area (Å²) in [6.07, 6.45) is 3.58. The predicted molar refractivity (Wildman–Crippen MR) is 90.1 cm³/mol. The molecule has 0 spiro atoms. The Morgan fingerprint density at radius 2 is 2.33 bits per heavy atom. The van der Waals surface area contributed by atoms with E-state index in [9.17, 15) is 9.59 Å². The number of amides is 1. The molecule has 0 saturated carbocycles. The average molecular weight is 341 g/mol. The van der Waals surface area contributed by atoms with Crippen LogP contribution in [0, 0.1) is 0 Å². The highest BCUT2D eigenvalue weighted by atomic mass is 32.2. The van der Waals surface area contributed by atoms with Gasteiger partial charge in [-0.15, -0.1) is 11.3 Å². The molecule has 0 radical (unpaired) electrons. The van der Waals surface area contributed by atoms with Crippen LogP contribution in [0.3, 0.4) is 0 Å². The van der Waals surface area contributed by atoms with Gasteiger partial charge in [-0.3, -0.25) is 14.5 Å². The quantitative estimate of drug-likeness (QED) is 0.344. The van der Waals surface area contributed by atoms with Gasteiger partial charge in [-0.1, -0.05) is 43.4 Å². The molecule has 1 aromatic heterocycles. The monoisotopic (exact) mass is 341 g/mol. The Morgan fingerprint density at radius 3 is 3.00 bits per heavy atom. The van der Waals surface area contributed by atoms with E-state index in [1.807, 2.05) is 24.4 Å². The number of esters is 1. The van der Waals surface area contributed by atoms with Crippen LogP contribution in [0.2, 0.25) is 0 Å². The van der Waals surface area contributed by atoms with Gasteiger partial charge in [-0.25, -0.2) is 0 Å². The van der Waals surface area contributed by atoms with E-state index in [4.69, 9.17) is 17.0 Å². The van der Waals surface area contributed by atoms with Crippen LogP contribution in [-0.2, 0) is 14.3 Å². The average Bonchev–Trinajstić information content (AvgIpc) is 3.04. The van der Waals surface area contributed by atoms with Crippen molar-refractivity contribution >= 4 is 57.6 Å². The number of hydrogen-bond donors (Lipinski definition) is 0. The van der Waals surface area contributed by atoms with Gasteiger partial charge in [0.25, 0.3) is 5.91 Å². The topological polar surface area (TPSA) is 46.6 Å². The van der Waals surface area contributed by atoms with Crippen molar-refractivity contribution in [3.05, 3.63) is 27.3 Å². The molecule has 0 atom stereocenters. The lowest BCUT2D eigenvalue weighted by molar-refractivity contribution is -0.146. The fourth-order valence-corrected chi connectivity index (χ4v) is 3.62. The molecule has 1 aliphatic heterocycles. The van der Waals surface area contributed by atoms with Crippen LogP contribution in [0.15, 0.2) is 22.4 Å². The first-order chi connectivity index (χ1) is 10.1. The van der Waals surface area contributed by atoms with E-state index >= 15 is 0 Å². The van der Waals surface area contributed by atoms with E-state index in [-0.39, 0.29) is 12.5 Å². The van der Waals surface area contributed by atoms with Crippen LogP contribution in [0.4, 0.5) is 0 Å². The molecule has 7 heteroatoms. The first-order valence-electron chi connectivity index (χ1n) is 6.56. The molecule has 2 heterocycles. The van der Waals surface area contributed by atoms with E-state index in [1.165, 1.54) is 16.7 Å². The van der Waals surface area contributed by atoms with Crippen molar-refractivity contribution < 1.29 is 14.3 Å². The van der Waals surface area contributed by atoms with Gasteiger partial charge in [0.1, 0.15) is 10.9 Å². The maximum atomic E-state index is 12.3. The van der Waals surface area contributed by atoms with Crippen molar-refractivity contribution in [1.29, 1.82) is 0 Å². The minimum Gasteiger partial charge on any atom is -0.464 e. The van der Waals surface area contributed by atoms with Crippen LogP contribution < -0.4 is 0 Å². The van der Waals surface area contributed by atoms with Crippen LogP contribution in [-0.4, -0.2) is 34.2 Å². The number of thioether (sulfide) groups is 1. The Bertz CT molecular complexity index is 566. The second kappa shape index (κ2) is 7.72.